The number of nitrogens with two attached hydrogens (primary N) is 1. The van der Waals surface area contributed by atoms with Crippen molar-refractivity contribution in [3.8, 4) is 5.88 Å². The molecule has 0 unspecified atom stereocenters. The van der Waals surface area contributed by atoms with Crippen LogP contribution in [0.2, 0.25) is 0 Å². The molecule has 6 heteroatoms. The Morgan fingerprint density at radius 1 is 1.17 bits per heavy atom. The minimum atomic E-state index is 0.282. The van der Waals surface area contributed by atoms with Crippen molar-refractivity contribution in [2.24, 2.45) is 0 Å². The number of aromatic nitrogens is 3. The number of anilines is 1. The Morgan fingerprint density at radius 2 is 1.83 bits per heavy atom. The van der Waals surface area contributed by atoms with Crippen molar-refractivity contribution in [2.45, 2.75) is 13.3 Å². The molecule has 2 heterocycles. The summed E-state index contributed by atoms with van der Waals surface area (Å²) in [4.78, 5) is 12.2. The van der Waals surface area contributed by atoms with Gasteiger partial charge < -0.3 is 10.5 Å². The molecule has 2 rings (SSSR count). The van der Waals surface area contributed by atoms with E-state index in [-0.39, 0.29) is 5.95 Å². The maximum absolute atomic E-state index is 5.44. The largest absolute Gasteiger partial charge is 0.477 e. The molecule has 2 aromatic heterocycles. The van der Waals surface area contributed by atoms with Crippen molar-refractivity contribution < 1.29 is 4.74 Å². The van der Waals surface area contributed by atoms with Crippen molar-refractivity contribution in [3.63, 3.8) is 0 Å². The van der Waals surface area contributed by atoms with Crippen LogP contribution in [0, 0.1) is 0 Å². The first kappa shape index (κ1) is 12.8. The molecular formula is C12H13BrN4O. The predicted molar refractivity (Wildman–Crippen MR) is 72.4 cm³/mol. The summed E-state index contributed by atoms with van der Waals surface area (Å²) in [6.07, 6.45) is 5.92. The van der Waals surface area contributed by atoms with Crippen LogP contribution in [-0.4, -0.2) is 21.6 Å². The second-order valence-electron chi connectivity index (χ2n) is 3.69. The molecular weight excluding hydrogens is 296 g/mol. The Morgan fingerprint density at radius 3 is 2.44 bits per heavy atom. The maximum atomic E-state index is 5.44. The first-order valence-corrected chi connectivity index (χ1v) is 6.32. The smallest absolute Gasteiger partial charge is 0.227 e. The zero-order chi connectivity index (χ0) is 13.0. The number of nitrogens with zero attached hydrogens (tertiary/aromatic N) is 3. The average molecular weight is 309 g/mol. The van der Waals surface area contributed by atoms with Crippen LogP contribution in [0.15, 0.2) is 29.1 Å². The van der Waals surface area contributed by atoms with E-state index in [0.29, 0.717) is 18.9 Å². The maximum Gasteiger partial charge on any atom is 0.227 e. The van der Waals surface area contributed by atoms with Gasteiger partial charge in [-0.05, 0) is 40.0 Å². The Kier molecular flexibility index (Phi) is 4.09. The molecule has 0 saturated carbocycles. The lowest BCUT2D eigenvalue weighted by Crippen LogP contribution is -1.99. The molecule has 0 aromatic carbocycles. The van der Waals surface area contributed by atoms with Gasteiger partial charge in [-0.25, -0.2) is 15.0 Å². The van der Waals surface area contributed by atoms with Crippen LogP contribution in [0.4, 0.5) is 5.95 Å². The molecule has 0 aliphatic heterocycles. The molecule has 2 N–H and O–H groups in total. The van der Waals surface area contributed by atoms with E-state index in [1.54, 1.807) is 18.6 Å². The van der Waals surface area contributed by atoms with E-state index in [4.69, 9.17) is 10.5 Å². The lowest BCUT2D eigenvalue weighted by Gasteiger charge is -2.06. The second-order valence-corrected chi connectivity index (χ2v) is 4.54. The first-order valence-electron chi connectivity index (χ1n) is 5.52. The number of pyridine rings is 1. The SMILES string of the molecule is CCOc1ncc(Cc2cnc(N)nc2)cc1Br. The summed E-state index contributed by atoms with van der Waals surface area (Å²) in [5, 5.41) is 0. The van der Waals surface area contributed by atoms with Gasteiger partial charge in [0.25, 0.3) is 0 Å². The van der Waals surface area contributed by atoms with Crippen molar-refractivity contribution in [3.05, 3.63) is 40.3 Å². The van der Waals surface area contributed by atoms with E-state index in [2.05, 4.69) is 30.9 Å². The van der Waals surface area contributed by atoms with Crippen molar-refractivity contribution in [1.29, 1.82) is 0 Å². The molecule has 0 spiro atoms. The van der Waals surface area contributed by atoms with E-state index in [0.717, 1.165) is 15.6 Å². The highest BCUT2D eigenvalue weighted by molar-refractivity contribution is 9.10. The van der Waals surface area contributed by atoms with E-state index >= 15 is 0 Å². The number of nitrogen functional groups attached to an aromatic ring is 1. The zero-order valence-electron chi connectivity index (χ0n) is 9.93. The molecule has 0 saturated heterocycles. The topological polar surface area (TPSA) is 73.9 Å². The molecule has 0 aliphatic rings. The number of hydrogen-bond donors (Lipinski definition) is 1. The molecule has 0 radical (unpaired) electrons. The molecule has 0 fully saturated rings. The summed E-state index contributed by atoms with van der Waals surface area (Å²) in [5.74, 6) is 0.888. The van der Waals surface area contributed by atoms with E-state index in [1.165, 1.54) is 0 Å². The monoisotopic (exact) mass is 308 g/mol. The summed E-state index contributed by atoms with van der Waals surface area (Å²) in [5.41, 5.74) is 7.48. The van der Waals surface area contributed by atoms with Gasteiger partial charge in [0.15, 0.2) is 0 Å². The van der Waals surface area contributed by atoms with Gasteiger partial charge in [-0.15, -0.1) is 0 Å². The fourth-order valence-electron chi connectivity index (χ4n) is 1.50. The molecule has 0 atom stereocenters. The minimum absolute atomic E-state index is 0.282. The molecule has 94 valence electrons. The summed E-state index contributed by atoms with van der Waals surface area (Å²) in [6, 6.07) is 1.98. The van der Waals surface area contributed by atoms with Crippen LogP contribution in [0.5, 0.6) is 5.88 Å². The highest BCUT2D eigenvalue weighted by Gasteiger charge is 2.05. The molecule has 0 bridgehead atoms. The average Bonchev–Trinajstić information content (AvgIpc) is 2.36. The summed E-state index contributed by atoms with van der Waals surface area (Å²) >= 11 is 3.43. The number of halogens is 1. The van der Waals surface area contributed by atoms with Crippen LogP contribution in [-0.2, 0) is 6.42 Å². The minimum Gasteiger partial charge on any atom is -0.477 e. The highest BCUT2D eigenvalue weighted by atomic mass is 79.9. The second kappa shape index (κ2) is 5.77. The van der Waals surface area contributed by atoms with Crippen LogP contribution >= 0.6 is 15.9 Å². The van der Waals surface area contributed by atoms with E-state index < -0.39 is 0 Å². The van der Waals surface area contributed by atoms with Crippen LogP contribution in [0.3, 0.4) is 0 Å². The van der Waals surface area contributed by atoms with Crippen molar-refractivity contribution >= 4 is 21.9 Å². The van der Waals surface area contributed by atoms with Gasteiger partial charge in [0.1, 0.15) is 0 Å². The highest BCUT2D eigenvalue weighted by Crippen LogP contribution is 2.24. The van der Waals surface area contributed by atoms with Gasteiger partial charge in [-0.1, -0.05) is 0 Å². The van der Waals surface area contributed by atoms with Gasteiger partial charge in [-0.3, -0.25) is 0 Å². The molecule has 0 amide bonds. The molecule has 2 aromatic rings. The Hall–Kier alpha value is -1.69. The summed E-state index contributed by atoms with van der Waals surface area (Å²) in [7, 11) is 0. The summed E-state index contributed by atoms with van der Waals surface area (Å²) in [6.45, 7) is 2.52. The number of rotatable bonds is 4. The summed E-state index contributed by atoms with van der Waals surface area (Å²) < 4.78 is 6.20. The number of hydrogen-bond acceptors (Lipinski definition) is 5. The Bertz CT molecular complexity index is 530. The standard InChI is InChI=1S/C12H13BrN4O/c1-2-18-11-10(13)4-8(5-15-11)3-9-6-16-12(14)17-7-9/h4-7H,2-3H2,1H3,(H2,14,16,17). The van der Waals surface area contributed by atoms with Gasteiger partial charge >= 0.3 is 0 Å². The Labute approximate surface area is 114 Å². The van der Waals surface area contributed by atoms with Gasteiger partial charge in [0.05, 0.1) is 11.1 Å². The lowest BCUT2D eigenvalue weighted by molar-refractivity contribution is 0.324. The predicted octanol–water partition coefficient (Wildman–Crippen LogP) is 2.21. The Balaban J connectivity index is 2.14. The third kappa shape index (κ3) is 3.16. The van der Waals surface area contributed by atoms with E-state index in [1.807, 2.05) is 13.0 Å². The van der Waals surface area contributed by atoms with Crippen molar-refractivity contribution in [2.75, 3.05) is 12.3 Å². The van der Waals surface area contributed by atoms with E-state index in [9.17, 15) is 0 Å². The van der Waals surface area contributed by atoms with Crippen LogP contribution in [0.25, 0.3) is 0 Å². The fourth-order valence-corrected chi connectivity index (χ4v) is 2.01. The third-order valence-electron chi connectivity index (χ3n) is 2.28. The molecule has 0 aliphatic carbocycles. The fraction of sp³-hybridized carbons (Fsp3) is 0.250. The molecule has 18 heavy (non-hydrogen) atoms. The first-order chi connectivity index (χ1) is 8.69. The third-order valence-corrected chi connectivity index (χ3v) is 2.85. The van der Waals surface area contributed by atoms with Crippen molar-refractivity contribution in [1.82, 2.24) is 15.0 Å². The normalized spacial score (nSPS) is 10.3. The zero-order valence-corrected chi connectivity index (χ0v) is 11.5. The van der Waals surface area contributed by atoms with Gasteiger partial charge in [0, 0.05) is 25.0 Å². The quantitative estimate of drug-likeness (QED) is 0.937. The number of ether oxygens (including phenoxy) is 1. The lowest BCUT2D eigenvalue weighted by atomic mass is 10.1. The van der Waals surface area contributed by atoms with Crippen LogP contribution < -0.4 is 10.5 Å². The van der Waals surface area contributed by atoms with Gasteiger partial charge in [-0.2, -0.15) is 0 Å². The van der Waals surface area contributed by atoms with Gasteiger partial charge in [0.2, 0.25) is 11.8 Å². The molecule has 5 nitrogen and oxygen atoms in total. The van der Waals surface area contributed by atoms with Crippen LogP contribution in [0.1, 0.15) is 18.1 Å².